The third-order valence-electron chi connectivity index (χ3n) is 4.89. The van der Waals surface area contributed by atoms with Crippen LogP contribution in [0.5, 0.6) is 0 Å². The van der Waals surface area contributed by atoms with Gasteiger partial charge in [0.15, 0.2) is 5.82 Å². The first kappa shape index (κ1) is 17.5. The topological polar surface area (TPSA) is 25.2 Å². The summed E-state index contributed by atoms with van der Waals surface area (Å²) in [5.41, 5.74) is 1.85. The van der Waals surface area contributed by atoms with E-state index in [1.54, 1.807) is 6.20 Å². The Bertz CT molecular complexity index is 1070. The first-order valence-electron chi connectivity index (χ1n) is 8.62. The van der Waals surface area contributed by atoms with Crippen LogP contribution in [0.3, 0.4) is 0 Å². The monoisotopic (exact) mass is 370 g/mol. The lowest BCUT2D eigenvalue weighted by Crippen LogP contribution is -2.23. The van der Waals surface area contributed by atoms with Gasteiger partial charge in [-0.25, -0.2) is 13.2 Å². The third kappa shape index (κ3) is 3.17. The van der Waals surface area contributed by atoms with Gasteiger partial charge < -0.3 is 4.90 Å². The zero-order valence-electron chi connectivity index (χ0n) is 14.7. The molecule has 4 rings (SSSR count). The Hall–Kier alpha value is -2.86. The van der Waals surface area contributed by atoms with E-state index in [1.807, 2.05) is 13.1 Å². The van der Waals surface area contributed by atoms with Crippen molar-refractivity contribution in [2.24, 2.45) is 0 Å². The van der Waals surface area contributed by atoms with Gasteiger partial charge in [-0.05, 0) is 49.4 Å². The summed E-state index contributed by atoms with van der Waals surface area (Å²) in [7, 11) is 1.99. The van der Waals surface area contributed by atoms with Gasteiger partial charge in [0.25, 0.3) is 5.91 Å². The lowest BCUT2D eigenvalue weighted by Gasteiger charge is -2.21. The van der Waals surface area contributed by atoms with Crippen LogP contribution in [-0.2, 0) is 0 Å². The van der Waals surface area contributed by atoms with Gasteiger partial charge in [0, 0.05) is 41.9 Å². The molecular formula is C21H17F3N2O. The molecule has 3 aromatic rings. The van der Waals surface area contributed by atoms with E-state index < -0.39 is 23.4 Å². The molecule has 3 nitrogen and oxygen atoms in total. The molecule has 0 atom stereocenters. The summed E-state index contributed by atoms with van der Waals surface area (Å²) in [6.07, 6.45) is 4.28. The molecular weight excluding hydrogens is 353 g/mol. The summed E-state index contributed by atoms with van der Waals surface area (Å²) in [5, 5.41) is 0.360. The van der Waals surface area contributed by atoms with Gasteiger partial charge in [0.2, 0.25) is 0 Å². The second kappa shape index (κ2) is 6.70. The molecule has 1 aliphatic heterocycles. The van der Waals surface area contributed by atoms with E-state index in [1.165, 1.54) is 34.9 Å². The summed E-state index contributed by atoms with van der Waals surface area (Å²) in [6.45, 7) is 1.55. The molecule has 0 N–H and O–H groups in total. The number of carbonyl (C=O) groups excluding carboxylic acids is 1. The second-order valence-electron chi connectivity index (χ2n) is 6.75. The summed E-state index contributed by atoms with van der Waals surface area (Å²) < 4.78 is 42.8. The molecule has 2 heterocycles. The average molecular weight is 370 g/mol. The lowest BCUT2D eigenvalue weighted by atomic mass is 9.99. The van der Waals surface area contributed by atoms with Gasteiger partial charge in [-0.15, -0.1) is 0 Å². The molecule has 2 aromatic carbocycles. The number of hydrogen-bond donors (Lipinski definition) is 0. The van der Waals surface area contributed by atoms with Crippen LogP contribution in [-0.4, -0.2) is 35.5 Å². The first-order chi connectivity index (χ1) is 12.9. The molecule has 138 valence electrons. The highest BCUT2D eigenvalue weighted by molar-refractivity contribution is 6.05. The number of carbonyl (C=O) groups is 1. The van der Waals surface area contributed by atoms with Crippen molar-refractivity contribution >= 4 is 22.4 Å². The minimum Gasteiger partial charge on any atom is -0.302 e. The predicted molar refractivity (Wildman–Crippen MR) is 98.1 cm³/mol. The molecule has 0 amide bonds. The average Bonchev–Trinajstić information content (AvgIpc) is 3.02. The first-order valence-corrected chi connectivity index (χ1v) is 8.62. The highest BCUT2D eigenvalue weighted by Crippen LogP contribution is 2.33. The Morgan fingerprint density at radius 2 is 1.78 bits per heavy atom. The van der Waals surface area contributed by atoms with Crippen LogP contribution < -0.4 is 0 Å². The standard InChI is InChI=1S/C21H17F3N2O/c1-25-8-6-13(7-9-25)18-12-26(20-17(18)10-16(23)11-19(20)24)21(27)14-2-4-15(22)5-3-14/h2-6,10-12H,7-9H2,1H3. The fourth-order valence-electron chi connectivity index (χ4n) is 3.44. The molecule has 0 radical (unpaired) electrons. The Balaban J connectivity index is 1.91. The Kier molecular flexibility index (Phi) is 4.36. The van der Waals surface area contributed by atoms with E-state index in [0.29, 0.717) is 10.9 Å². The van der Waals surface area contributed by atoms with Gasteiger partial charge in [-0.1, -0.05) is 6.08 Å². The highest BCUT2D eigenvalue weighted by Gasteiger charge is 2.22. The number of halogens is 3. The van der Waals surface area contributed by atoms with Gasteiger partial charge in [-0.2, -0.15) is 0 Å². The Labute approximate surface area is 154 Å². The van der Waals surface area contributed by atoms with Gasteiger partial charge in [0.1, 0.15) is 11.6 Å². The summed E-state index contributed by atoms with van der Waals surface area (Å²) in [5.74, 6) is -2.46. The number of likely N-dealkylation sites (N-methyl/N-ethyl adjacent to an activating group) is 1. The van der Waals surface area contributed by atoms with E-state index in [2.05, 4.69) is 4.90 Å². The van der Waals surface area contributed by atoms with E-state index in [4.69, 9.17) is 0 Å². The fourth-order valence-corrected chi connectivity index (χ4v) is 3.44. The molecule has 0 fully saturated rings. The van der Waals surface area contributed by atoms with E-state index >= 15 is 0 Å². The minimum absolute atomic E-state index is 0.0283. The van der Waals surface area contributed by atoms with Crippen molar-refractivity contribution in [3.05, 3.63) is 77.2 Å². The molecule has 0 unspecified atom stereocenters. The summed E-state index contributed by atoms with van der Waals surface area (Å²) in [4.78, 5) is 15.0. The van der Waals surface area contributed by atoms with Crippen molar-refractivity contribution in [3.8, 4) is 0 Å². The van der Waals surface area contributed by atoms with Crippen LogP contribution in [0.2, 0.25) is 0 Å². The van der Waals surface area contributed by atoms with E-state index in [-0.39, 0.29) is 11.1 Å². The smallest absolute Gasteiger partial charge is 0.262 e. The van der Waals surface area contributed by atoms with Crippen LogP contribution in [0.4, 0.5) is 13.2 Å². The highest BCUT2D eigenvalue weighted by atomic mass is 19.1. The minimum atomic E-state index is -0.805. The molecule has 0 saturated heterocycles. The largest absolute Gasteiger partial charge is 0.302 e. The van der Waals surface area contributed by atoms with Crippen LogP contribution in [0.1, 0.15) is 22.3 Å². The molecule has 0 spiro atoms. The van der Waals surface area contributed by atoms with Crippen molar-refractivity contribution in [2.45, 2.75) is 6.42 Å². The molecule has 0 aliphatic carbocycles. The SMILES string of the molecule is CN1CC=C(c2cn(C(=O)c3ccc(F)cc3)c3c(F)cc(F)cc23)CC1. The van der Waals surface area contributed by atoms with Crippen LogP contribution in [0.25, 0.3) is 16.5 Å². The van der Waals surface area contributed by atoms with Crippen molar-refractivity contribution in [3.63, 3.8) is 0 Å². The van der Waals surface area contributed by atoms with E-state index in [0.717, 1.165) is 31.1 Å². The number of benzene rings is 2. The fraction of sp³-hybridized carbons (Fsp3) is 0.190. The molecule has 0 bridgehead atoms. The lowest BCUT2D eigenvalue weighted by molar-refractivity contribution is 0.0964. The maximum absolute atomic E-state index is 14.6. The van der Waals surface area contributed by atoms with Gasteiger partial charge >= 0.3 is 0 Å². The van der Waals surface area contributed by atoms with Crippen molar-refractivity contribution in [2.75, 3.05) is 20.1 Å². The zero-order chi connectivity index (χ0) is 19.1. The number of fused-ring (bicyclic) bond motifs is 1. The van der Waals surface area contributed by atoms with Gasteiger partial charge in [-0.3, -0.25) is 9.36 Å². The van der Waals surface area contributed by atoms with E-state index in [9.17, 15) is 18.0 Å². The van der Waals surface area contributed by atoms with Crippen LogP contribution in [0.15, 0.2) is 48.7 Å². The van der Waals surface area contributed by atoms with Crippen LogP contribution >= 0.6 is 0 Å². The number of rotatable bonds is 2. The normalized spacial score (nSPS) is 15.2. The molecule has 1 aliphatic rings. The number of aromatic nitrogens is 1. The zero-order valence-corrected chi connectivity index (χ0v) is 14.7. The molecule has 1 aromatic heterocycles. The third-order valence-corrected chi connectivity index (χ3v) is 4.89. The predicted octanol–water partition coefficient (Wildman–Crippen LogP) is 4.47. The van der Waals surface area contributed by atoms with Crippen molar-refractivity contribution < 1.29 is 18.0 Å². The number of hydrogen-bond acceptors (Lipinski definition) is 2. The second-order valence-corrected chi connectivity index (χ2v) is 6.75. The Morgan fingerprint density at radius 1 is 1.04 bits per heavy atom. The molecule has 27 heavy (non-hydrogen) atoms. The van der Waals surface area contributed by atoms with Crippen molar-refractivity contribution in [1.82, 2.24) is 9.47 Å². The maximum atomic E-state index is 14.6. The van der Waals surface area contributed by atoms with Gasteiger partial charge in [0.05, 0.1) is 5.52 Å². The summed E-state index contributed by atoms with van der Waals surface area (Å²) in [6, 6.07) is 7.06. The van der Waals surface area contributed by atoms with Crippen molar-refractivity contribution in [1.29, 1.82) is 0 Å². The molecule has 6 heteroatoms. The molecule has 0 saturated carbocycles. The number of nitrogens with zero attached hydrogens (tertiary/aromatic N) is 2. The Morgan fingerprint density at radius 3 is 2.44 bits per heavy atom. The van der Waals surface area contributed by atoms with Crippen LogP contribution in [0, 0.1) is 17.5 Å². The summed E-state index contributed by atoms with van der Waals surface area (Å²) >= 11 is 0. The maximum Gasteiger partial charge on any atom is 0.262 e. The quantitative estimate of drug-likeness (QED) is 0.665.